The quantitative estimate of drug-likeness (QED) is 0.821. The fourth-order valence-corrected chi connectivity index (χ4v) is 3.17. The first-order valence-corrected chi connectivity index (χ1v) is 8.00. The summed E-state index contributed by atoms with van der Waals surface area (Å²) in [5.74, 6) is -0.810. The van der Waals surface area contributed by atoms with E-state index < -0.39 is 11.9 Å². The van der Waals surface area contributed by atoms with Gasteiger partial charge in [-0.15, -0.1) is 0 Å². The predicted octanol–water partition coefficient (Wildman–Crippen LogP) is 3.00. The summed E-state index contributed by atoms with van der Waals surface area (Å²) in [5, 5.41) is 9.13. The third kappa shape index (κ3) is 4.67. The molecule has 1 aromatic carbocycles. The number of nitrogens with zero attached hydrogens (tertiary/aromatic N) is 1. The maximum atomic E-state index is 12.7. The molecule has 0 radical (unpaired) electrons. The topological polar surface area (TPSA) is 57.6 Å². The second kappa shape index (κ2) is 7.54. The van der Waals surface area contributed by atoms with Gasteiger partial charge in [-0.2, -0.15) is 0 Å². The number of carboxylic acid groups (broad SMARTS) is 1. The molecule has 2 atom stereocenters. The van der Waals surface area contributed by atoms with Gasteiger partial charge in [0.1, 0.15) is 0 Å². The van der Waals surface area contributed by atoms with Crippen molar-refractivity contribution in [2.24, 2.45) is 11.8 Å². The van der Waals surface area contributed by atoms with E-state index in [4.69, 9.17) is 5.11 Å². The Hall–Kier alpha value is -1.68. The van der Waals surface area contributed by atoms with Crippen LogP contribution in [0.2, 0.25) is 0 Å². The van der Waals surface area contributed by atoms with Gasteiger partial charge in [0.2, 0.25) is 0 Å². The molecule has 0 bridgehead atoms. The molecule has 1 aliphatic rings. The van der Waals surface area contributed by atoms with Gasteiger partial charge in [-0.1, -0.05) is 36.8 Å². The van der Waals surface area contributed by atoms with E-state index in [1.165, 1.54) is 6.42 Å². The van der Waals surface area contributed by atoms with Crippen LogP contribution in [-0.4, -0.2) is 41.4 Å². The Morgan fingerprint density at radius 3 is 2.59 bits per heavy atom. The normalized spacial score (nSPS) is 20.5. The van der Waals surface area contributed by atoms with Crippen LogP contribution in [0.5, 0.6) is 0 Å². The summed E-state index contributed by atoms with van der Waals surface area (Å²) in [4.78, 5) is 26.0. The number of Topliss-reactive ketones (excluding diaryl/α,β-unsaturated/α-hetero) is 1. The zero-order valence-electron chi connectivity index (χ0n) is 13.4. The Morgan fingerprint density at radius 2 is 2.00 bits per heavy atom. The molecule has 4 heteroatoms. The highest BCUT2D eigenvalue weighted by Crippen LogP contribution is 2.20. The number of piperidine rings is 1. The number of carboxylic acids is 1. The number of aryl methyl sites for hydroxylation is 1. The van der Waals surface area contributed by atoms with Crippen molar-refractivity contribution in [2.75, 3.05) is 19.6 Å². The Balaban J connectivity index is 2.09. The minimum absolute atomic E-state index is 0.0550. The lowest BCUT2D eigenvalue weighted by Crippen LogP contribution is -2.40. The summed E-state index contributed by atoms with van der Waals surface area (Å²) in [5.41, 5.74) is 1.71. The third-order valence-electron chi connectivity index (χ3n) is 4.35. The molecular weight excluding hydrogens is 278 g/mol. The second-order valence-corrected chi connectivity index (χ2v) is 6.53. The summed E-state index contributed by atoms with van der Waals surface area (Å²) < 4.78 is 0. The molecule has 0 saturated carbocycles. The van der Waals surface area contributed by atoms with Crippen LogP contribution < -0.4 is 0 Å². The number of hydrogen-bond donors (Lipinski definition) is 1. The molecule has 1 aliphatic heterocycles. The summed E-state index contributed by atoms with van der Waals surface area (Å²) >= 11 is 0. The molecule has 1 aromatic rings. The smallest absolute Gasteiger partial charge is 0.304 e. The molecule has 0 aromatic heterocycles. The van der Waals surface area contributed by atoms with E-state index in [-0.39, 0.29) is 12.2 Å². The molecule has 1 heterocycles. The van der Waals surface area contributed by atoms with Crippen molar-refractivity contribution in [3.63, 3.8) is 0 Å². The highest BCUT2D eigenvalue weighted by molar-refractivity contribution is 5.99. The van der Waals surface area contributed by atoms with Crippen molar-refractivity contribution in [1.29, 1.82) is 0 Å². The summed E-state index contributed by atoms with van der Waals surface area (Å²) in [6.45, 7) is 6.64. The van der Waals surface area contributed by atoms with Gasteiger partial charge in [-0.25, -0.2) is 0 Å². The van der Waals surface area contributed by atoms with Crippen LogP contribution in [0.15, 0.2) is 24.3 Å². The maximum absolute atomic E-state index is 12.7. The van der Waals surface area contributed by atoms with Crippen molar-refractivity contribution in [1.82, 2.24) is 4.90 Å². The predicted molar refractivity (Wildman–Crippen MR) is 86.1 cm³/mol. The van der Waals surface area contributed by atoms with E-state index >= 15 is 0 Å². The summed E-state index contributed by atoms with van der Waals surface area (Å²) in [7, 11) is 0. The molecular formula is C18H25NO3. The Kier molecular flexibility index (Phi) is 5.72. The average molecular weight is 303 g/mol. The monoisotopic (exact) mass is 303 g/mol. The van der Waals surface area contributed by atoms with Gasteiger partial charge in [0, 0.05) is 24.6 Å². The zero-order chi connectivity index (χ0) is 16.1. The van der Waals surface area contributed by atoms with E-state index in [0.29, 0.717) is 18.0 Å². The van der Waals surface area contributed by atoms with Crippen LogP contribution in [-0.2, 0) is 4.79 Å². The molecule has 4 nitrogen and oxygen atoms in total. The SMILES string of the molecule is Cc1ccc(C(=O)C(CC(=O)O)CN2CCCC(C)C2)cc1. The molecule has 2 rings (SSSR count). The van der Waals surface area contributed by atoms with Gasteiger partial charge >= 0.3 is 5.97 Å². The lowest BCUT2D eigenvalue weighted by Gasteiger charge is -2.33. The van der Waals surface area contributed by atoms with Gasteiger partial charge in [0.25, 0.3) is 0 Å². The van der Waals surface area contributed by atoms with Gasteiger partial charge in [0.15, 0.2) is 5.78 Å². The first-order valence-electron chi connectivity index (χ1n) is 8.00. The fourth-order valence-electron chi connectivity index (χ4n) is 3.17. The van der Waals surface area contributed by atoms with Crippen molar-refractivity contribution in [3.05, 3.63) is 35.4 Å². The van der Waals surface area contributed by atoms with Crippen LogP contribution in [0.4, 0.5) is 0 Å². The second-order valence-electron chi connectivity index (χ2n) is 6.53. The number of hydrogen-bond acceptors (Lipinski definition) is 3. The van der Waals surface area contributed by atoms with E-state index in [9.17, 15) is 9.59 Å². The van der Waals surface area contributed by atoms with Crippen molar-refractivity contribution in [3.8, 4) is 0 Å². The Bertz CT molecular complexity index is 524. The summed E-state index contributed by atoms with van der Waals surface area (Å²) in [6, 6.07) is 7.39. The number of benzene rings is 1. The largest absolute Gasteiger partial charge is 0.481 e. The molecule has 0 aliphatic carbocycles. The van der Waals surface area contributed by atoms with Crippen LogP contribution in [0.1, 0.15) is 42.1 Å². The third-order valence-corrected chi connectivity index (χ3v) is 4.35. The van der Waals surface area contributed by atoms with Crippen molar-refractivity contribution >= 4 is 11.8 Å². The molecule has 0 spiro atoms. The van der Waals surface area contributed by atoms with Gasteiger partial charge in [-0.3, -0.25) is 9.59 Å². The minimum Gasteiger partial charge on any atom is -0.481 e. The number of ketones is 1. The van der Waals surface area contributed by atoms with Crippen LogP contribution in [0.25, 0.3) is 0 Å². The number of carbonyl (C=O) groups is 2. The molecule has 1 fully saturated rings. The summed E-state index contributed by atoms with van der Waals surface area (Å²) in [6.07, 6.45) is 2.24. The number of rotatable bonds is 6. The Labute approximate surface area is 132 Å². The highest BCUT2D eigenvalue weighted by atomic mass is 16.4. The molecule has 1 saturated heterocycles. The lowest BCUT2D eigenvalue weighted by atomic mass is 9.92. The molecule has 2 unspecified atom stereocenters. The van der Waals surface area contributed by atoms with Gasteiger partial charge < -0.3 is 10.0 Å². The van der Waals surface area contributed by atoms with E-state index in [1.807, 2.05) is 19.1 Å². The standard InChI is InChI=1S/C18H25NO3/c1-13-5-7-15(8-6-13)18(22)16(10-17(20)21)12-19-9-3-4-14(2)11-19/h5-8,14,16H,3-4,9-12H2,1-2H3,(H,20,21). The van der Waals surface area contributed by atoms with Crippen LogP contribution in [0, 0.1) is 18.8 Å². The number of likely N-dealkylation sites (tertiary alicyclic amines) is 1. The molecule has 120 valence electrons. The molecule has 1 N–H and O–H groups in total. The Morgan fingerprint density at radius 1 is 1.32 bits per heavy atom. The first kappa shape index (κ1) is 16.7. The van der Waals surface area contributed by atoms with Gasteiger partial charge in [0.05, 0.1) is 6.42 Å². The highest BCUT2D eigenvalue weighted by Gasteiger charge is 2.27. The maximum Gasteiger partial charge on any atom is 0.304 e. The lowest BCUT2D eigenvalue weighted by molar-refractivity contribution is -0.137. The number of aliphatic carboxylic acids is 1. The van der Waals surface area contributed by atoms with Crippen LogP contribution in [0.3, 0.4) is 0 Å². The average Bonchev–Trinajstić information content (AvgIpc) is 2.46. The van der Waals surface area contributed by atoms with Crippen molar-refractivity contribution in [2.45, 2.75) is 33.1 Å². The first-order chi connectivity index (χ1) is 10.5. The zero-order valence-corrected chi connectivity index (χ0v) is 13.4. The minimum atomic E-state index is -0.907. The van der Waals surface area contributed by atoms with Crippen molar-refractivity contribution < 1.29 is 14.7 Å². The van der Waals surface area contributed by atoms with Crippen LogP contribution >= 0.6 is 0 Å². The van der Waals surface area contributed by atoms with E-state index in [2.05, 4.69) is 11.8 Å². The molecule has 22 heavy (non-hydrogen) atoms. The van der Waals surface area contributed by atoms with E-state index in [0.717, 1.165) is 25.1 Å². The van der Waals surface area contributed by atoms with E-state index in [1.54, 1.807) is 12.1 Å². The van der Waals surface area contributed by atoms with Gasteiger partial charge in [-0.05, 0) is 32.2 Å². The fraction of sp³-hybridized carbons (Fsp3) is 0.556. The number of carbonyl (C=O) groups excluding carboxylic acids is 1. The molecule has 0 amide bonds.